The van der Waals surface area contributed by atoms with Gasteiger partial charge in [0.05, 0.1) is 18.4 Å². The fourth-order valence-corrected chi connectivity index (χ4v) is 2.45. The summed E-state index contributed by atoms with van der Waals surface area (Å²) in [7, 11) is 1.57. The normalized spacial score (nSPS) is 10.6. The highest BCUT2D eigenvalue weighted by Gasteiger charge is 2.23. The molecule has 0 atom stereocenters. The quantitative estimate of drug-likeness (QED) is 0.751. The van der Waals surface area contributed by atoms with E-state index in [1.165, 1.54) is 0 Å². The summed E-state index contributed by atoms with van der Waals surface area (Å²) in [6.45, 7) is 1.95. The van der Waals surface area contributed by atoms with Crippen LogP contribution in [0.15, 0.2) is 58.1 Å². The minimum atomic E-state index is -0.498. The van der Waals surface area contributed by atoms with Crippen LogP contribution in [-0.4, -0.2) is 7.11 Å². The minimum absolute atomic E-state index is 0.320. The first-order valence-corrected chi connectivity index (χ1v) is 6.92. The van der Waals surface area contributed by atoms with E-state index in [1.54, 1.807) is 7.11 Å². The zero-order valence-corrected chi connectivity index (χ0v) is 12.3. The molecule has 0 amide bonds. The highest BCUT2D eigenvalue weighted by atomic mass is 16.5. The summed E-state index contributed by atoms with van der Waals surface area (Å²) in [5.41, 5.74) is 2.23. The van der Waals surface area contributed by atoms with Crippen molar-refractivity contribution in [2.75, 3.05) is 12.4 Å². The molecule has 3 aromatic carbocycles. The fraction of sp³-hybridized carbons (Fsp3) is 0.111. The van der Waals surface area contributed by atoms with Gasteiger partial charge >= 0.3 is 0 Å². The van der Waals surface area contributed by atoms with Crippen LogP contribution in [0.4, 0.5) is 11.4 Å². The molecule has 3 rings (SSSR count). The van der Waals surface area contributed by atoms with Gasteiger partial charge in [0.2, 0.25) is 5.43 Å². The third-order valence-corrected chi connectivity index (χ3v) is 3.59. The second-order valence-electron chi connectivity index (χ2n) is 5.10. The average Bonchev–Trinajstić information content (AvgIpc) is 2.55. The molecule has 0 spiro atoms. The molecule has 0 aliphatic rings. The summed E-state index contributed by atoms with van der Waals surface area (Å²) in [6.07, 6.45) is 0. The lowest BCUT2D eigenvalue weighted by atomic mass is 9.98. The molecule has 3 aromatic rings. The van der Waals surface area contributed by atoms with E-state index in [-0.39, 0.29) is 0 Å². The molecular weight excluding hydrogens is 278 g/mol. The number of rotatable bonds is 4. The Morgan fingerprint density at radius 2 is 1.68 bits per heavy atom. The van der Waals surface area contributed by atoms with Crippen molar-refractivity contribution in [3.63, 3.8) is 0 Å². The van der Waals surface area contributed by atoms with Crippen molar-refractivity contribution in [1.29, 1.82) is 0 Å². The van der Waals surface area contributed by atoms with Gasteiger partial charge in [-0.25, -0.2) is 0 Å². The Labute approximate surface area is 127 Å². The molecule has 0 aliphatic carbocycles. The van der Waals surface area contributed by atoms with Crippen molar-refractivity contribution in [3.05, 3.63) is 74.5 Å². The SMILES string of the molecule is COc1ccc(C)cc1Nc1c(-c2ccccc2)c(=O)c1=O. The van der Waals surface area contributed by atoms with Crippen LogP contribution in [0.2, 0.25) is 0 Å². The van der Waals surface area contributed by atoms with Crippen LogP contribution < -0.4 is 20.9 Å². The number of benzene rings is 2. The van der Waals surface area contributed by atoms with E-state index in [0.29, 0.717) is 22.7 Å². The van der Waals surface area contributed by atoms with Gasteiger partial charge in [0.1, 0.15) is 11.4 Å². The Hall–Kier alpha value is -2.88. The number of anilines is 2. The van der Waals surface area contributed by atoms with Gasteiger partial charge in [-0.15, -0.1) is 0 Å². The van der Waals surface area contributed by atoms with Crippen molar-refractivity contribution in [1.82, 2.24) is 0 Å². The highest BCUT2D eigenvalue weighted by Crippen LogP contribution is 2.31. The van der Waals surface area contributed by atoms with Gasteiger partial charge in [0.25, 0.3) is 5.43 Å². The number of hydrogen-bond acceptors (Lipinski definition) is 4. The molecule has 22 heavy (non-hydrogen) atoms. The number of hydrogen-bond donors (Lipinski definition) is 1. The van der Waals surface area contributed by atoms with Crippen molar-refractivity contribution in [3.8, 4) is 16.9 Å². The second-order valence-corrected chi connectivity index (χ2v) is 5.10. The summed E-state index contributed by atoms with van der Waals surface area (Å²) in [5, 5.41) is 3.05. The molecule has 4 nitrogen and oxygen atoms in total. The predicted octanol–water partition coefficient (Wildman–Crippen LogP) is 3.01. The minimum Gasteiger partial charge on any atom is -0.495 e. The van der Waals surface area contributed by atoms with Gasteiger partial charge in [0, 0.05) is 0 Å². The van der Waals surface area contributed by atoms with Gasteiger partial charge < -0.3 is 10.1 Å². The Morgan fingerprint density at radius 3 is 2.36 bits per heavy atom. The summed E-state index contributed by atoms with van der Waals surface area (Å²) in [5.74, 6) is 0.623. The van der Waals surface area contributed by atoms with E-state index in [2.05, 4.69) is 5.32 Å². The lowest BCUT2D eigenvalue weighted by Gasteiger charge is -2.16. The van der Waals surface area contributed by atoms with Crippen LogP contribution in [0, 0.1) is 6.92 Å². The molecule has 0 heterocycles. The molecule has 0 bridgehead atoms. The second kappa shape index (κ2) is 5.48. The van der Waals surface area contributed by atoms with Gasteiger partial charge in [-0.2, -0.15) is 0 Å². The maximum atomic E-state index is 11.9. The number of methoxy groups -OCH3 is 1. The lowest BCUT2D eigenvalue weighted by molar-refractivity contribution is 0.416. The van der Waals surface area contributed by atoms with Crippen LogP contribution in [-0.2, 0) is 0 Å². The van der Waals surface area contributed by atoms with Crippen molar-refractivity contribution >= 4 is 11.4 Å². The highest BCUT2D eigenvalue weighted by molar-refractivity contribution is 5.85. The van der Waals surface area contributed by atoms with Crippen LogP contribution >= 0.6 is 0 Å². The van der Waals surface area contributed by atoms with E-state index >= 15 is 0 Å². The summed E-state index contributed by atoms with van der Waals surface area (Å²) >= 11 is 0. The largest absolute Gasteiger partial charge is 0.495 e. The molecule has 0 saturated heterocycles. The average molecular weight is 293 g/mol. The Balaban J connectivity index is 2.05. The fourth-order valence-electron chi connectivity index (χ4n) is 2.45. The zero-order chi connectivity index (χ0) is 15.7. The molecular formula is C18H15NO3. The van der Waals surface area contributed by atoms with Crippen LogP contribution in [0.3, 0.4) is 0 Å². The molecule has 0 unspecified atom stereocenters. The van der Waals surface area contributed by atoms with E-state index in [9.17, 15) is 9.59 Å². The van der Waals surface area contributed by atoms with Gasteiger partial charge in [-0.05, 0) is 30.2 Å². The molecule has 0 aliphatic heterocycles. The smallest absolute Gasteiger partial charge is 0.250 e. The van der Waals surface area contributed by atoms with Crippen LogP contribution in [0.5, 0.6) is 5.75 Å². The van der Waals surface area contributed by atoms with Crippen molar-refractivity contribution in [2.45, 2.75) is 6.92 Å². The zero-order valence-electron chi connectivity index (χ0n) is 12.3. The third kappa shape index (κ3) is 2.29. The van der Waals surface area contributed by atoms with Gasteiger partial charge in [0.15, 0.2) is 0 Å². The first-order chi connectivity index (χ1) is 10.6. The first kappa shape index (κ1) is 14.1. The van der Waals surface area contributed by atoms with Crippen molar-refractivity contribution in [2.24, 2.45) is 0 Å². The lowest BCUT2D eigenvalue weighted by Crippen LogP contribution is -2.35. The molecule has 0 radical (unpaired) electrons. The van der Waals surface area contributed by atoms with Gasteiger partial charge in [-0.3, -0.25) is 9.59 Å². The van der Waals surface area contributed by atoms with E-state index in [1.807, 2.05) is 55.5 Å². The number of ether oxygens (including phenoxy) is 1. The molecule has 4 heteroatoms. The van der Waals surface area contributed by atoms with Crippen LogP contribution in [0.25, 0.3) is 11.1 Å². The maximum Gasteiger partial charge on any atom is 0.250 e. The first-order valence-electron chi connectivity index (χ1n) is 6.92. The molecule has 0 saturated carbocycles. The predicted molar refractivity (Wildman–Crippen MR) is 87.8 cm³/mol. The van der Waals surface area contributed by atoms with E-state index < -0.39 is 10.9 Å². The molecule has 0 aromatic heterocycles. The monoisotopic (exact) mass is 293 g/mol. The Bertz CT molecular complexity index is 891. The number of nitrogens with one attached hydrogen (secondary N) is 1. The Kier molecular flexibility index (Phi) is 3.51. The van der Waals surface area contributed by atoms with Crippen molar-refractivity contribution < 1.29 is 4.74 Å². The third-order valence-electron chi connectivity index (χ3n) is 3.59. The summed E-state index contributed by atoms with van der Waals surface area (Å²) in [4.78, 5) is 23.8. The topological polar surface area (TPSA) is 55.4 Å². The molecule has 0 fully saturated rings. The Morgan fingerprint density at radius 1 is 0.955 bits per heavy atom. The summed E-state index contributed by atoms with van der Waals surface area (Å²) < 4.78 is 5.29. The van der Waals surface area contributed by atoms with E-state index in [4.69, 9.17) is 4.74 Å². The van der Waals surface area contributed by atoms with Gasteiger partial charge in [-0.1, -0.05) is 36.4 Å². The standard InChI is InChI=1S/C18H15NO3/c1-11-8-9-14(22-2)13(10-11)19-16-15(17(20)18(16)21)12-6-4-3-5-7-12/h3-10,19H,1-2H3. The number of aryl methyl sites for hydroxylation is 1. The maximum absolute atomic E-state index is 11.9. The van der Waals surface area contributed by atoms with E-state index in [0.717, 1.165) is 11.1 Å². The van der Waals surface area contributed by atoms with Crippen LogP contribution in [0.1, 0.15) is 5.56 Å². The molecule has 110 valence electrons. The molecule has 1 N–H and O–H groups in total. The summed E-state index contributed by atoms with van der Waals surface area (Å²) in [6, 6.07) is 14.8.